The van der Waals surface area contributed by atoms with E-state index in [0.29, 0.717) is 0 Å². The summed E-state index contributed by atoms with van der Waals surface area (Å²) < 4.78 is 0. The van der Waals surface area contributed by atoms with Crippen molar-refractivity contribution in [3.05, 3.63) is 12.2 Å². The maximum Gasteiger partial charge on any atom is 0.0791 e. The minimum Gasteiger partial charge on any atom is -0.390 e. The van der Waals surface area contributed by atoms with Crippen LogP contribution < -0.4 is 5.32 Å². The Labute approximate surface area is 118 Å². The highest BCUT2D eigenvalue weighted by Gasteiger charge is 2.18. The Morgan fingerprint density at radius 1 is 1.26 bits per heavy atom. The molecule has 19 heavy (non-hydrogen) atoms. The molecule has 3 heteroatoms. The highest BCUT2D eigenvalue weighted by molar-refractivity contribution is 4.90. The SMILES string of the molecule is CC1CCN(C[C@H](O)CNC[C@H]2CC=CCC2)CC1. The second kappa shape index (κ2) is 8.03. The summed E-state index contributed by atoms with van der Waals surface area (Å²) in [6.07, 6.45) is 10.7. The van der Waals surface area contributed by atoms with E-state index < -0.39 is 0 Å². The monoisotopic (exact) mass is 266 g/mol. The van der Waals surface area contributed by atoms with E-state index in [1.165, 1.54) is 32.1 Å². The van der Waals surface area contributed by atoms with Crippen LogP contribution in [0.1, 0.15) is 39.0 Å². The van der Waals surface area contributed by atoms with Crippen molar-refractivity contribution in [2.45, 2.75) is 45.1 Å². The number of hydrogen-bond acceptors (Lipinski definition) is 3. The smallest absolute Gasteiger partial charge is 0.0791 e. The van der Waals surface area contributed by atoms with Crippen molar-refractivity contribution in [1.29, 1.82) is 0 Å². The molecule has 0 aromatic heterocycles. The summed E-state index contributed by atoms with van der Waals surface area (Å²) >= 11 is 0. The average Bonchev–Trinajstić information content (AvgIpc) is 2.43. The number of piperidine rings is 1. The van der Waals surface area contributed by atoms with E-state index in [1.807, 2.05) is 0 Å². The van der Waals surface area contributed by atoms with E-state index in [9.17, 15) is 5.11 Å². The molecule has 2 N–H and O–H groups in total. The van der Waals surface area contributed by atoms with Crippen molar-refractivity contribution in [2.75, 3.05) is 32.7 Å². The van der Waals surface area contributed by atoms with Crippen molar-refractivity contribution in [3.63, 3.8) is 0 Å². The third-order valence-corrected chi connectivity index (χ3v) is 4.54. The van der Waals surface area contributed by atoms with Gasteiger partial charge in [-0.15, -0.1) is 0 Å². The van der Waals surface area contributed by atoms with Crippen LogP contribution in [0.2, 0.25) is 0 Å². The minimum absolute atomic E-state index is 0.215. The molecule has 3 nitrogen and oxygen atoms in total. The fourth-order valence-electron chi connectivity index (χ4n) is 3.10. The topological polar surface area (TPSA) is 35.5 Å². The lowest BCUT2D eigenvalue weighted by Crippen LogP contribution is -2.42. The Morgan fingerprint density at radius 3 is 2.74 bits per heavy atom. The van der Waals surface area contributed by atoms with E-state index in [1.54, 1.807) is 0 Å². The number of nitrogens with zero attached hydrogens (tertiary/aromatic N) is 1. The van der Waals surface area contributed by atoms with Crippen LogP contribution in [-0.4, -0.2) is 48.8 Å². The Kier molecular flexibility index (Phi) is 6.35. The van der Waals surface area contributed by atoms with Gasteiger partial charge < -0.3 is 15.3 Å². The van der Waals surface area contributed by atoms with Gasteiger partial charge in [0, 0.05) is 13.1 Å². The van der Waals surface area contributed by atoms with Crippen LogP contribution in [0.25, 0.3) is 0 Å². The second-order valence-electron chi connectivity index (χ2n) is 6.45. The number of hydrogen-bond donors (Lipinski definition) is 2. The summed E-state index contributed by atoms with van der Waals surface area (Å²) in [6, 6.07) is 0. The van der Waals surface area contributed by atoms with Gasteiger partial charge in [-0.25, -0.2) is 0 Å². The molecule has 1 heterocycles. The van der Waals surface area contributed by atoms with Gasteiger partial charge in [0.25, 0.3) is 0 Å². The standard InChI is InChI=1S/C16H30N2O/c1-14-7-9-18(10-8-14)13-16(19)12-17-11-15-5-3-2-4-6-15/h2-3,14-17,19H,4-13H2,1H3/t15-,16+/m0/s1. The summed E-state index contributed by atoms with van der Waals surface area (Å²) in [6.45, 7) is 7.28. The molecule has 0 amide bonds. The second-order valence-corrected chi connectivity index (χ2v) is 6.45. The van der Waals surface area contributed by atoms with E-state index in [0.717, 1.165) is 44.6 Å². The van der Waals surface area contributed by atoms with Crippen molar-refractivity contribution in [2.24, 2.45) is 11.8 Å². The van der Waals surface area contributed by atoms with E-state index in [4.69, 9.17) is 0 Å². The molecule has 1 fully saturated rings. The van der Waals surface area contributed by atoms with E-state index >= 15 is 0 Å². The zero-order valence-corrected chi connectivity index (χ0v) is 12.4. The third kappa shape index (κ3) is 5.64. The van der Waals surface area contributed by atoms with Gasteiger partial charge in [0.05, 0.1) is 6.10 Å². The first-order chi connectivity index (χ1) is 9.24. The molecule has 0 unspecified atom stereocenters. The molecule has 0 aromatic carbocycles. The van der Waals surface area contributed by atoms with Crippen LogP contribution in [0, 0.1) is 11.8 Å². The van der Waals surface area contributed by atoms with E-state index in [-0.39, 0.29) is 6.10 Å². The Bertz CT molecular complexity index is 272. The van der Waals surface area contributed by atoms with Gasteiger partial charge in [-0.1, -0.05) is 19.1 Å². The molecule has 0 aromatic rings. The number of aliphatic hydroxyl groups is 1. The zero-order chi connectivity index (χ0) is 13.5. The average molecular weight is 266 g/mol. The lowest BCUT2D eigenvalue weighted by molar-refractivity contribution is 0.0901. The molecule has 2 aliphatic rings. The van der Waals surface area contributed by atoms with Crippen LogP contribution in [-0.2, 0) is 0 Å². The predicted octanol–water partition coefficient (Wildman–Crippen LogP) is 2.03. The first-order valence-corrected chi connectivity index (χ1v) is 8.00. The quantitative estimate of drug-likeness (QED) is 0.722. The van der Waals surface area contributed by atoms with Gasteiger partial charge in [0.1, 0.15) is 0 Å². The fourth-order valence-corrected chi connectivity index (χ4v) is 3.10. The maximum atomic E-state index is 10.1. The summed E-state index contributed by atoms with van der Waals surface area (Å²) in [5.41, 5.74) is 0. The third-order valence-electron chi connectivity index (χ3n) is 4.54. The van der Waals surface area contributed by atoms with Gasteiger partial charge in [-0.2, -0.15) is 0 Å². The largest absolute Gasteiger partial charge is 0.390 e. The zero-order valence-electron chi connectivity index (χ0n) is 12.4. The Hall–Kier alpha value is -0.380. The normalized spacial score (nSPS) is 27.6. The van der Waals surface area contributed by atoms with Crippen LogP contribution in [0.15, 0.2) is 12.2 Å². The van der Waals surface area contributed by atoms with Crippen molar-refractivity contribution in [1.82, 2.24) is 10.2 Å². The number of likely N-dealkylation sites (tertiary alicyclic amines) is 1. The molecule has 2 rings (SSSR count). The van der Waals surface area contributed by atoms with Crippen LogP contribution in [0.3, 0.4) is 0 Å². The number of allylic oxidation sites excluding steroid dienone is 2. The van der Waals surface area contributed by atoms with Crippen LogP contribution >= 0.6 is 0 Å². The Morgan fingerprint density at radius 2 is 2.05 bits per heavy atom. The molecule has 0 bridgehead atoms. The van der Waals surface area contributed by atoms with Crippen LogP contribution in [0.4, 0.5) is 0 Å². The number of rotatable bonds is 6. The fraction of sp³-hybridized carbons (Fsp3) is 0.875. The lowest BCUT2D eigenvalue weighted by atomic mass is 9.94. The van der Waals surface area contributed by atoms with Crippen molar-refractivity contribution in [3.8, 4) is 0 Å². The predicted molar refractivity (Wildman–Crippen MR) is 80.2 cm³/mol. The summed E-state index contributed by atoms with van der Waals surface area (Å²) in [5, 5.41) is 13.5. The van der Waals surface area contributed by atoms with Gasteiger partial charge in [-0.05, 0) is 63.6 Å². The molecular formula is C16H30N2O. The lowest BCUT2D eigenvalue weighted by Gasteiger charge is -2.31. The van der Waals surface area contributed by atoms with Gasteiger partial charge in [-0.3, -0.25) is 0 Å². The first kappa shape index (κ1) is 15.0. The van der Waals surface area contributed by atoms with Gasteiger partial charge in [0.15, 0.2) is 0 Å². The highest BCUT2D eigenvalue weighted by atomic mass is 16.3. The Balaban J connectivity index is 1.54. The highest BCUT2D eigenvalue weighted by Crippen LogP contribution is 2.17. The summed E-state index contributed by atoms with van der Waals surface area (Å²) in [5.74, 6) is 1.64. The summed E-state index contributed by atoms with van der Waals surface area (Å²) in [4.78, 5) is 2.41. The first-order valence-electron chi connectivity index (χ1n) is 8.00. The number of β-amino-alcohol motifs (C(OH)–C–C–N with tert-alkyl or cyclic N) is 1. The van der Waals surface area contributed by atoms with Gasteiger partial charge in [0.2, 0.25) is 0 Å². The van der Waals surface area contributed by atoms with E-state index in [2.05, 4.69) is 29.3 Å². The van der Waals surface area contributed by atoms with Crippen molar-refractivity contribution < 1.29 is 5.11 Å². The summed E-state index contributed by atoms with van der Waals surface area (Å²) in [7, 11) is 0. The minimum atomic E-state index is -0.215. The number of nitrogens with one attached hydrogen (secondary N) is 1. The molecule has 0 spiro atoms. The van der Waals surface area contributed by atoms with Gasteiger partial charge >= 0.3 is 0 Å². The molecule has 1 aliphatic carbocycles. The van der Waals surface area contributed by atoms with Crippen LogP contribution in [0.5, 0.6) is 0 Å². The van der Waals surface area contributed by atoms with Crippen molar-refractivity contribution >= 4 is 0 Å². The molecule has 0 radical (unpaired) electrons. The molecule has 1 aliphatic heterocycles. The number of aliphatic hydroxyl groups excluding tert-OH is 1. The molecule has 110 valence electrons. The molecule has 2 atom stereocenters. The maximum absolute atomic E-state index is 10.1. The molecular weight excluding hydrogens is 236 g/mol. The molecule has 0 saturated carbocycles. The molecule has 1 saturated heterocycles.